The Morgan fingerprint density at radius 3 is 2.89 bits per heavy atom. The molecule has 5 heteroatoms. The first-order chi connectivity index (χ1) is 9.22. The van der Waals surface area contributed by atoms with Crippen molar-refractivity contribution in [3.63, 3.8) is 0 Å². The summed E-state index contributed by atoms with van der Waals surface area (Å²) in [5, 5.41) is 13.5. The monoisotopic (exact) mass is 303 g/mol. The quantitative estimate of drug-likeness (QED) is 0.790. The van der Waals surface area contributed by atoms with E-state index in [0.717, 1.165) is 43.5 Å². The van der Waals surface area contributed by atoms with E-state index in [1.54, 1.807) is 6.07 Å². The standard InChI is InChI=1S/C14H19Cl2NO2/c15-10-8-11-13(17-5-2-1-3-6-18)4-7-19-14(11)12(16)9-10/h8-9,13,17-18H,1-7H2. The molecular formula is C14H19Cl2NO2. The molecule has 0 bridgehead atoms. The number of ether oxygens (including phenoxy) is 1. The zero-order chi connectivity index (χ0) is 13.7. The number of fused-ring (bicyclic) bond motifs is 1. The minimum absolute atomic E-state index is 0.245. The van der Waals surface area contributed by atoms with Crippen molar-refractivity contribution >= 4 is 23.2 Å². The van der Waals surface area contributed by atoms with Gasteiger partial charge < -0.3 is 15.2 Å². The molecular weight excluding hydrogens is 285 g/mol. The fourth-order valence-electron chi connectivity index (χ4n) is 2.33. The van der Waals surface area contributed by atoms with Gasteiger partial charge in [-0.3, -0.25) is 0 Å². The smallest absolute Gasteiger partial charge is 0.142 e. The van der Waals surface area contributed by atoms with Gasteiger partial charge in [-0.1, -0.05) is 23.2 Å². The average molecular weight is 304 g/mol. The molecule has 0 fully saturated rings. The van der Waals surface area contributed by atoms with Crippen molar-refractivity contribution in [3.8, 4) is 5.75 Å². The summed E-state index contributed by atoms with van der Waals surface area (Å²) in [6.45, 7) is 1.86. The summed E-state index contributed by atoms with van der Waals surface area (Å²) < 4.78 is 5.62. The van der Waals surface area contributed by atoms with E-state index in [0.29, 0.717) is 16.7 Å². The van der Waals surface area contributed by atoms with Crippen molar-refractivity contribution in [3.05, 3.63) is 27.7 Å². The van der Waals surface area contributed by atoms with Crippen LogP contribution in [-0.2, 0) is 0 Å². The first-order valence-corrected chi connectivity index (χ1v) is 7.44. The molecule has 1 aromatic carbocycles. The molecule has 1 unspecified atom stereocenters. The van der Waals surface area contributed by atoms with Crippen molar-refractivity contribution in [1.82, 2.24) is 5.32 Å². The molecule has 0 saturated carbocycles. The van der Waals surface area contributed by atoms with Crippen LogP contribution in [0.4, 0.5) is 0 Å². The summed E-state index contributed by atoms with van der Waals surface area (Å²) >= 11 is 12.2. The topological polar surface area (TPSA) is 41.5 Å². The van der Waals surface area contributed by atoms with Crippen molar-refractivity contribution in [2.45, 2.75) is 31.7 Å². The van der Waals surface area contributed by atoms with Crippen LogP contribution >= 0.6 is 23.2 Å². The SMILES string of the molecule is OCCCCCNC1CCOc2c(Cl)cc(Cl)cc21. The maximum Gasteiger partial charge on any atom is 0.142 e. The second-order valence-electron chi connectivity index (χ2n) is 4.73. The van der Waals surface area contributed by atoms with E-state index in [2.05, 4.69) is 5.32 Å². The summed E-state index contributed by atoms with van der Waals surface area (Å²) in [5.41, 5.74) is 1.05. The maximum absolute atomic E-state index is 8.74. The van der Waals surface area contributed by atoms with Gasteiger partial charge in [0.15, 0.2) is 0 Å². The number of benzene rings is 1. The number of aliphatic hydroxyl groups excluding tert-OH is 1. The minimum atomic E-state index is 0.245. The third kappa shape index (κ3) is 3.99. The van der Waals surface area contributed by atoms with Crippen LogP contribution in [0, 0.1) is 0 Å². The van der Waals surface area contributed by atoms with Crippen LogP contribution in [0.2, 0.25) is 10.0 Å². The molecule has 0 aliphatic carbocycles. The lowest BCUT2D eigenvalue weighted by atomic mass is 10.0. The molecule has 2 rings (SSSR count). The molecule has 3 nitrogen and oxygen atoms in total. The predicted octanol–water partition coefficient (Wildman–Crippen LogP) is 3.57. The van der Waals surface area contributed by atoms with Gasteiger partial charge in [0.2, 0.25) is 0 Å². The van der Waals surface area contributed by atoms with Gasteiger partial charge in [-0.25, -0.2) is 0 Å². The van der Waals surface area contributed by atoms with E-state index in [-0.39, 0.29) is 12.6 Å². The summed E-state index contributed by atoms with van der Waals surface area (Å²) in [6, 6.07) is 3.88. The van der Waals surface area contributed by atoms with Crippen LogP contribution in [0.3, 0.4) is 0 Å². The molecule has 0 spiro atoms. The molecule has 1 heterocycles. The van der Waals surface area contributed by atoms with Gasteiger partial charge in [-0.2, -0.15) is 0 Å². The molecule has 19 heavy (non-hydrogen) atoms. The van der Waals surface area contributed by atoms with E-state index in [1.807, 2.05) is 6.07 Å². The molecule has 0 amide bonds. The molecule has 1 aliphatic heterocycles. The summed E-state index contributed by atoms with van der Waals surface area (Å²) in [6.07, 6.45) is 3.88. The Labute approximate surface area is 123 Å². The Morgan fingerprint density at radius 1 is 1.26 bits per heavy atom. The maximum atomic E-state index is 8.74. The van der Waals surface area contributed by atoms with Gasteiger partial charge in [-0.15, -0.1) is 0 Å². The molecule has 0 saturated heterocycles. The van der Waals surface area contributed by atoms with Crippen LogP contribution < -0.4 is 10.1 Å². The fourth-order valence-corrected chi connectivity index (χ4v) is 2.89. The molecule has 0 radical (unpaired) electrons. The highest BCUT2D eigenvalue weighted by molar-refractivity contribution is 6.35. The number of hydrogen-bond acceptors (Lipinski definition) is 3. The number of hydrogen-bond donors (Lipinski definition) is 2. The lowest BCUT2D eigenvalue weighted by molar-refractivity contribution is 0.251. The average Bonchev–Trinajstić information content (AvgIpc) is 2.39. The van der Waals surface area contributed by atoms with E-state index in [4.69, 9.17) is 33.0 Å². The van der Waals surface area contributed by atoms with Gasteiger partial charge in [0, 0.05) is 29.7 Å². The molecule has 2 N–H and O–H groups in total. The van der Waals surface area contributed by atoms with Crippen molar-refractivity contribution in [2.24, 2.45) is 0 Å². The normalized spacial score (nSPS) is 17.9. The Balaban J connectivity index is 1.97. The Kier molecular flexibility index (Phi) is 5.76. The number of nitrogens with one attached hydrogen (secondary N) is 1. The van der Waals surface area contributed by atoms with E-state index in [9.17, 15) is 0 Å². The second-order valence-corrected chi connectivity index (χ2v) is 5.58. The largest absolute Gasteiger partial charge is 0.492 e. The lowest BCUT2D eigenvalue weighted by Crippen LogP contribution is -2.28. The van der Waals surface area contributed by atoms with E-state index < -0.39 is 0 Å². The van der Waals surface area contributed by atoms with Gasteiger partial charge in [-0.05, 0) is 37.9 Å². The van der Waals surface area contributed by atoms with Crippen LogP contribution in [0.15, 0.2) is 12.1 Å². The van der Waals surface area contributed by atoms with Crippen molar-refractivity contribution in [1.29, 1.82) is 0 Å². The first kappa shape index (κ1) is 14.9. The van der Waals surface area contributed by atoms with Crippen LogP contribution in [0.5, 0.6) is 5.75 Å². The number of aliphatic hydroxyl groups is 1. The number of rotatable bonds is 6. The van der Waals surface area contributed by atoms with E-state index >= 15 is 0 Å². The molecule has 1 atom stereocenters. The molecule has 0 aromatic heterocycles. The van der Waals surface area contributed by atoms with Crippen LogP contribution in [0.1, 0.15) is 37.3 Å². The fraction of sp³-hybridized carbons (Fsp3) is 0.571. The molecule has 1 aromatic rings. The van der Waals surface area contributed by atoms with Gasteiger partial charge in [0.05, 0.1) is 11.6 Å². The molecule has 1 aliphatic rings. The van der Waals surface area contributed by atoms with Gasteiger partial charge >= 0.3 is 0 Å². The predicted molar refractivity (Wildman–Crippen MR) is 78.3 cm³/mol. The zero-order valence-electron chi connectivity index (χ0n) is 10.8. The van der Waals surface area contributed by atoms with Gasteiger partial charge in [0.1, 0.15) is 5.75 Å². The third-order valence-corrected chi connectivity index (χ3v) is 3.79. The third-order valence-electron chi connectivity index (χ3n) is 3.29. The Morgan fingerprint density at radius 2 is 2.11 bits per heavy atom. The highest BCUT2D eigenvalue weighted by atomic mass is 35.5. The highest BCUT2D eigenvalue weighted by Gasteiger charge is 2.23. The highest BCUT2D eigenvalue weighted by Crippen LogP contribution is 2.39. The number of unbranched alkanes of at least 4 members (excludes halogenated alkanes) is 2. The van der Waals surface area contributed by atoms with Gasteiger partial charge in [0.25, 0.3) is 0 Å². The number of halogens is 2. The van der Waals surface area contributed by atoms with Crippen molar-refractivity contribution < 1.29 is 9.84 Å². The van der Waals surface area contributed by atoms with E-state index in [1.165, 1.54) is 0 Å². The summed E-state index contributed by atoms with van der Waals surface area (Å²) in [7, 11) is 0. The van der Waals surface area contributed by atoms with Crippen LogP contribution in [-0.4, -0.2) is 24.9 Å². The zero-order valence-corrected chi connectivity index (χ0v) is 12.3. The molecule has 106 valence electrons. The summed E-state index contributed by atoms with van der Waals surface area (Å²) in [5.74, 6) is 0.755. The Hall–Kier alpha value is -0.480. The first-order valence-electron chi connectivity index (χ1n) is 6.68. The van der Waals surface area contributed by atoms with Crippen molar-refractivity contribution in [2.75, 3.05) is 19.8 Å². The second kappa shape index (κ2) is 7.34. The Bertz CT molecular complexity index is 426. The summed E-state index contributed by atoms with van der Waals surface area (Å²) in [4.78, 5) is 0. The van der Waals surface area contributed by atoms with Crippen LogP contribution in [0.25, 0.3) is 0 Å². The lowest BCUT2D eigenvalue weighted by Gasteiger charge is -2.27. The minimum Gasteiger partial charge on any atom is -0.492 e.